The van der Waals surface area contributed by atoms with Crippen LogP contribution < -0.4 is 5.73 Å². The second kappa shape index (κ2) is 7.64. The smallest absolute Gasteiger partial charge is 0.323 e. The SMILES string of the molecule is Cc1ccc(CCC(=O)N(CC(N)=O)CC(=O)O)cc1Cl. The van der Waals surface area contributed by atoms with Crippen molar-refractivity contribution in [2.24, 2.45) is 5.73 Å². The Morgan fingerprint density at radius 3 is 2.48 bits per heavy atom. The number of carbonyl (C=O) groups excluding carboxylic acids is 2. The summed E-state index contributed by atoms with van der Waals surface area (Å²) >= 11 is 6.00. The first-order valence-electron chi connectivity index (χ1n) is 6.32. The van der Waals surface area contributed by atoms with Gasteiger partial charge in [-0.15, -0.1) is 0 Å². The lowest BCUT2D eigenvalue weighted by molar-refractivity contribution is -0.145. The van der Waals surface area contributed by atoms with E-state index in [1.165, 1.54) is 0 Å². The highest BCUT2D eigenvalue weighted by Gasteiger charge is 2.18. The molecule has 0 unspecified atom stereocenters. The summed E-state index contributed by atoms with van der Waals surface area (Å²) in [6, 6.07) is 5.46. The molecule has 7 heteroatoms. The van der Waals surface area contributed by atoms with Crippen molar-refractivity contribution in [1.82, 2.24) is 4.90 Å². The molecule has 114 valence electrons. The molecule has 0 aliphatic rings. The predicted molar refractivity (Wildman–Crippen MR) is 77.9 cm³/mol. The largest absolute Gasteiger partial charge is 0.480 e. The van der Waals surface area contributed by atoms with Crippen LogP contribution in [0.2, 0.25) is 5.02 Å². The zero-order chi connectivity index (χ0) is 16.0. The number of amides is 2. The first-order valence-corrected chi connectivity index (χ1v) is 6.70. The van der Waals surface area contributed by atoms with Gasteiger partial charge in [0.05, 0.1) is 6.54 Å². The molecule has 1 aromatic carbocycles. The molecule has 0 atom stereocenters. The van der Waals surface area contributed by atoms with Crippen LogP contribution in [0.25, 0.3) is 0 Å². The number of aryl methyl sites for hydroxylation is 2. The Labute approximate surface area is 127 Å². The Hall–Kier alpha value is -2.08. The van der Waals surface area contributed by atoms with Gasteiger partial charge >= 0.3 is 5.97 Å². The second-order valence-electron chi connectivity index (χ2n) is 4.69. The normalized spacial score (nSPS) is 10.2. The van der Waals surface area contributed by atoms with Crippen molar-refractivity contribution in [3.63, 3.8) is 0 Å². The van der Waals surface area contributed by atoms with Crippen molar-refractivity contribution in [1.29, 1.82) is 0 Å². The van der Waals surface area contributed by atoms with Gasteiger partial charge in [0.15, 0.2) is 0 Å². The van der Waals surface area contributed by atoms with Crippen molar-refractivity contribution in [2.75, 3.05) is 13.1 Å². The summed E-state index contributed by atoms with van der Waals surface area (Å²) in [5, 5.41) is 9.35. The molecule has 0 spiro atoms. The lowest BCUT2D eigenvalue weighted by atomic mass is 10.1. The maximum atomic E-state index is 12.0. The molecule has 6 nitrogen and oxygen atoms in total. The molecule has 0 radical (unpaired) electrons. The Morgan fingerprint density at radius 1 is 1.29 bits per heavy atom. The summed E-state index contributed by atoms with van der Waals surface area (Å²) < 4.78 is 0. The average molecular weight is 313 g/mol. The number of nitrogens with two attached hydrogens (primary N) is 1. The molecule has 21 heavy (non-hydrogen) atoms. The summed E-state index contributed by atoms with van der Waals surface area (Å²) in [7, 11) is 0. The molecule has 1 rings (SSSR count). The van der Waals surface area contributed by atoms with Crippen LogP contribution in [0, 0.1) is 6.92 Å². The minimum atomic E-state index is -1.19. The Kier molecular flexibility index (Phi) is 6.17. The number of primary amides is 1. The van der Waals surface area contributed by atoms with Crippen molar-refractivity contribution in [3.8, 4) is 0 Å². The zero-order valence-electron chi connectivity index (χ0n) is 11.6. The van der Waals surface area contributed by atoms with Gasteiger partial charge in [0, 0.05) is 11.4 Å². The number of halogens is 1. The lowest BCUT2D eigenvalue weighted by Gasteiger charge is -2.18. The van der Waals surface area contributed by atoms with Crippen LogP contribution in [0.4, 0.5) is 0 Å². The number of aliphatic carboxylic acids is 1. The summed E-state index contributed by atoms with van der Waals surface area (Å²) in [6.45, 7) is 0.926. The molecule has 0 aromatic heterocycles. The minimum Gasteiger partial charge on any atom is -0.480 e. The molecule has 0 fully saturated rings. The summed E-state index contributed by atoms with van der Waals surface area (Å²) in [5.41, 5.74) is 6.81. The first-order chi connectivity index (χ1) is 9.79. The number of carbonyl (C=O) groups is 3. The number of benzene rings is 1. The Balaban J connectivity index is 2.65. The summed E-state index contributed by atoms with van der Waals surface area (Å²) in [5.74, 6) is -2.38. The first kappa shape index (κ1) is 17.0. The van der Waals surface area contributed by atoms with Gasteiger partial charge < -0.3 is 15.7 Å². The van der Waals surface area contributed by atoms with Gasteiger partial charge in [-0.3, -0.25) is 14.4 Å². The number of hydrogen-bond acceptors (Lipinski definition) is 3. The van der Waals surface area contributed by atoms with Gasteiger partial charge in [-0.1, -0.05) is 23.7 Å². The fourth-order valence-corrected chi connectivity index (χ4v) is 1.99. The zero-order valence-corrected chi connectivity index (χ0v) is 12.4. The number of nitrogens with zero attached hydrogens (tertiary/aromatic N) is 1. The maximum Gasteiger partial charge on any atom is 0.323 e. The van der Waals surface area contributed by atoms with Crippen LogP contribution in [0.5, 0.6) is 0 Å². The van der Waals surface area contributed by atoms with Crippen LogP contribution in [0.15, 0.2) is 18.2 Å². The number of carboxylic acids is 1. The van der Waals surface area contributed by atoms with Crippen molar-refractivity contribution in [2.45, 2.75) is 19.8 Å². The Bertz CT molecular complexity index is 544. The topological polar surface area (TPSA) is 101 Å². The van der Waals surface area contributed by atoms with Gasteiger partial charge in [-0.2, -0.15) is 0 Å². The third-order valence-corrected chi connectivity index (χ3v) is 3.30. The minimum absolute atomic E-state index is 0.0833. The molecular weight excluding hydrogens is 296 g/mol. The van der Waals surface area contributed by atoms with E-state index in [0.717, 1.165) is 16.0 Å². The van der Waals surface area contributed by atoms with Gasteiger partial charge in [0.25, 0.3) is 0 Å². The van der Waals surface area contributed by atoms with E-state index >= 15 is 0 Å². The van der Waals surface area contributed by atoms with Crippen molar-refractivity contribution < 1.29 is 19.5 Å². The number of rotatable bonds is 7. The fraction of sp³-hybridized carbons (Fsp3) is 0.357. The van der Waals surface area contributed by atoms with E-state index in [1.54, 1.807) is 6.07 Å². The average Bonchev–Trinajstić information content (AvgIpc) is 2.38. The highest BCUT2D eigenvalue weighted by atomic mass is 35.5. The van der Waals surface area contributed by atoms with Crippen molar-refractivity contribution >= 4 is 29.4 Å². The third-order valence-electron chi connectivity index (χ3n) is 2.89. The van der Waals surface area contributed by atoms with Crippen molar-refractivity contribution in [3.05, 3.63) is 34.3 Å². The Morgan fingerprint density at radius 2 is 1.95 bits per heavy atom. The maximum absolute atomic E-state index is 12.0. The summed E-state index contributed by atoms with van der Waals surface area (Å²) in [4.78, 5) is 34.5. The molecule has 2 amide bonds. The number of hydrogen-bond donors (Lipinski definition) is 2. The molecule has 0 bridgehead atoms. The van der Waals surface area contributed by atoms with Crippen LogP contribution in [-0.4, -0.2) is 40.9 Å². The van der Waals surface area contributed by atoms with Crippen LogP contribution in [0.3, 0.4) is 0 Å². The van der Waals surface area contributed by atoms with E-state index in [0.29, 0.717) is 11.4 Å². The molecule has 0 heterocycles. The van der Waals surface area contributed by atoms with Crippen LogP contribution in [0.1, 0.15) is 17.5 Å². The quantitative estimate of drug-likeness (QED) is 0.783. The fourth-order valence-electron chi connectivity index (χ4n) is 1.78. The van der Waals surface area contributed by atoms with E-state index in [4.69, 9.17) is 22.4 Å². The van der Waals surface area contributed by atoms with E-state index in [1.807, 2.05) is 19.1 Å². The second-order valence-corrected chi connectivity index (χ2v) is 5.10. The van der Waals surface area contributed by atoms with Gasteiger partial charge in [0.1, 0.15) is 6.54 Å². The van der Waals surface area contributed by atoms with E-state index < -0.39 is 30.9 Å². The molecular formula is C14H17ClN2O4. The van der Waals surface area contributed by atoms with E-state index in [-0.39, 0.29) is 6.42 Å². The van der Waals surface area contributed by atoms with E-state index in [2.05, 4.69) is 0 Å². The van der Waals surface area contributed by atoms with E-state index in [9.17, 15) is 14.4 Å². The number of carboxylic acid groups (broad SMARTS) is 1. The highest BCUT2D eigenvalue weighted by molar-refractivity contribution is 6.31. The third kappa shape index (κ3) is 5.83. The molecule has 0 saturated heterocycles. The molecule has 0 saturated carbocycles. The van der Waals surface area contributed by atoms with Gasteiger partial charge in [0.2, 0.25) is 11.8 Å². The molecule has 3 N–H and O–H groups in total. The molecule has 1 aromatic rings. The standard InChI is InChI=1S/C14H17ClN2O4/c1-9-2-3-10(6-11(9)15)4-5-13(19)17(7-12(16)18)8-14(20)21/h2-3,6H,4-5,7-8H2,1H3,(H2,16,18)(H,20,21). The van der Waals surface area contributed by atoms with Gasteiger partial charge in [-0.25, -0.2) is 0 Å². The van der Waals surface area contributed by atoms with Gasteiger partial charge in [-0.05, 0) is 30.5 Å². The highest BCUT2D eigenvalue weighted by Crippen LogP contribution is 2.17. The summed E-state index contributed by atoms with van der Waals surface area (Å²) in [6.07, 6.45) is 0.494. The molecule has 0 aliphatic heterocycles. The molecule has 0 aliphatic carbocycles. The van der Waals surface area contributed by atoms with Crippen LogP contribution >= 0.6 is 11.6 Å². The predicted octanol–water partition coefficient (Wildman–Crippen LogP) is 0.980. The lowest BCUT2D eigenvalue weighted by Crippen LogP contribution is -2.41. The monoisotopic (exact) mass is 312 g/mol. The van der Waals surface area contributed by atoms with Crippen LogP contribution in [-0.2, 0) is 20.8 Å².